The first-order valence-corrected chi connectivity index (χ1v) is 11.2. The standard InChI is InChI=1S/C23H28N4OS/c1-19-24-21(18-29-19)17-25-11-6-13-27(16-15-25)23(28)22-9-5-12-26(22)14-10-20-7-3-2-4-8-20/h2-5,7-9,12,18H,6,10-11,13-17H2,1H3. The summed E-state index contributed by atoms with van der Waals surface area (Å²) in [6.07, 6.45) is 3.95. The molecule has 0 atom stereocenters. The average molecular weight is 409 g/mol. The lowest BCUT2D eigenvalue weighted by Crippen LogP contribution is -2.36. The van der Waals surface area contributed by atoms with Crippen molar-refractivity contribution < 1.29 is 4.79 Å². The van der Waals surface area contributed by atoms with E-state index in [0.717, 1.165) is 68.5 Å². The minimum absolute atomic E-state index is 0.148. The molecule has 0 unspecified atom stereocenters. The van der Waals surface area contributed by atoms with Gasteiger partial charge in [-0.25, -0.2) is 4.98 Å². The molecule has 6 heteroatoms. The van der Waals surface area contributed by atoms with Gasteiger partial charge in [-0.3, -0.25) is 9.69 Å². The van der Waals surface area contributed by atoms with Crippen LogP contribution in [0.25, 0.3) is 0 Å². The molecule has 0 radical (unpaired) electrons. The number of aromatic nitrogens is 2. The van der Waals surface area contributed by atoms with Gasteiger partial charge in [0.1, 0.15) is 5.69 Å². The minimum Gasteiger partial charge on any atom is -0.343 e. The van der Waals surface area contributed by atoms with E-state index in [9.17, 15) is 4.79 Å². The van der Waals surface area contributed by atoms with E-state index in [-0.39, 0.29) is 5.91 Å². The van der Waals surface area contributed by atoms with E-state index in [0.29, 0.717) is 0 Å². The Morgan fingerprint density at radius 2 is 1.93 bits per heavy atom. The number of amides is 1. The Balaban J connectivity index is 1.35. The zero-order valence-electron chi connectivity index (χ0n) is 17.0. The van der Waals surface area contributed by atoms with Crippen LogP contribution >= 0.6 is 11.3 Å². The van der Waals surface area contributed by atoms with Gasteiger partial charge in [-0.05, 0) is 37.5 Å². The molecular formula is C23H28N4OS. The maximum absolute atomic E-state index is 13.2. The van der Waals surface area contributed by atoms with Crippen molar-refractivity contribution in [1.29, 1.82) is 0 Å². The molecule has 4 rings (SSSR count). The van der Waals surface area contributed by atoms with Crippen LogP contribution in [0.4, 0.5) is 0 Å². The molecule has 0 spiro atoms. The van der Waals surface area contributed by atoms with Crippen LogP contribution in [-0.2, 0) is 19.5 Å². The Morgan fingerprint density at radius 3 is 2.72 bits per heavy atom. The fourth-order valence-electron chi connectivity index (χ4n) is 3.90. The monoisotopic (exact) mass is 408 g/mol. The molecule has 1 fully saturated rings. The molecule has 0 N–H and O–H groups in total. The molecule has 1 amide bonds. The third-order valence-electron chi connectivity index (χ3n) is 5.46. The van der Waals surface area contributed by atoms with Crippen molar-refractivity contribution in [3.8, 4) is 0 Å². The summed E-state index contributed by atoms with van der Waals surface area (Å²) in [5, 5.41) is 3.26. The molecule has 1 saturated heterocycles. The summed E-state index contributed by atoms with van der Waals surface area (Å²) < 4.78 is 2.09. The van der Waals surface area contributed by atoms with Gasteiger partial charge in [0.05, 0.1) is 10.7 Å². The van der Waals surface area contributed by atoms with Gasteiger partial charge in [-0.15, -0.1) is 11.3 Å². The van der Waals surface area contributed by atoms with Gasteiger partial charge >= 0.3 is 0 Å². The lowest BCUT2D eigenvalue weighted by molar-refractivity contribution is 0.0750. The van der Waals surface area contributed by atoms with Crippen LogP contribution in [-0.4, -0.2) is 51.4 Å². The van der Waals surface area contributed by atoms with Crippen molar-refractivity contribution in [3.05, 3.63) is 76.0 Å². The second-order valence-corrected chi connectivity index (χ2v) is 8.66. The van der Waals surface area contributed by atoms with Crippen molar-refractivity contribution in [3.63, 3.8) is 0 Å². The number of hydrogen-bond acceptors (Lipinski definition) is 4. The highest BCUT2D eigenvalue weighted by molar-refractivity contribution is 7.09. The van der Waals surface area contributed by atoms with Crippen molar-refractivity contribution >= 4 is 17.2 Å². The average Bonchev–Trinajstić information content (AvgIpc) is 3.30. The van der Waals surface area contributed by atoms with Gasteiger partial charge in [0, 0.05) is 50.8 Å². The van der Waals surface area contributed by atoms with E-state index in [4.69, 9.17) is 0 Å². The Bertz CT molecular complexity index is 933. The van der Waals surface area contributed by atoms with Crippen molar-refractivity contribution in [2.24, 2.45) is 0 Å². The number of thiazole rings is 1. The number of aryl methyl sites for hydroxylation is 3. The number of carbonyl (C=O) groups excluding carboxylic acids is 1. The summed E-state index contributed by atoms with van der Waals surface area (Å²) in [6, 6.07) is 14.4. The molecule has 0 saturated carbocycles. The van der Waals surface area contributed by atoms with Crippen LogP contribution in [0.3, 0.4) is 0 Å². The highest BCUT2D eigenvalue weighted by atomic mass is 32.1. The van der Waals surface area contributed by atoms with Gasteiger partial charge in [0.25, 0.3) is 5.91 Å². The second-order valence-electron chi connectivity index (χ2n) is 7.60. The van der Waals surface area contributed by atoms with Gasteiger partial charge in [0.15, 0.2) is 0 Å². The Kier molecular flexibility index (Phi) is 6.42. The van der Waals surface area contributed by atoms with Crippen molar-refractivity contribution in [2.45, 2.75) is 32.9 Å². The van der Waals surface area contributed by atoms with E-state index < -0.39 is 0 Å². The van der Waals surface area contributed by atoms with Gasteiger partial charge < -0.3 is 9.47 Å². The third kappa shape index (κ3) is 5.14. The zero-order valence-corrected chi connectivity index (χ0v) is 17.8. The molecule has 1 aliphatic heterocycles. The highest BCUT2D eigenvalue weighted by Crippen LogP contribution is 2.15. The molecule has 1 aromatic carbocycles. The number of rotatable bonds is 6. The first kappa shape index (κ1) is 19.9. The maximum atomic E-state index is 13.2. The van der Waals surface area contributed by atoms with Crippen molar-refractivity contribution in [1.82, 2.24) is 19.4 Å². The number of carbonyl (C=O) groups is 1. The largest absolute Gasteiger partial charge is 0.343 e. The fraction of sp³-hybridized carbons (Fsp3) is 0.391. The molecule has 0 aliphatic carbocycles. The van der Waals surface area contributed by atoms with Crippen LogP contribution in [0.15, 0.2) is 54.0 Å². The summed E-state index contributed by atoms with van der Waals surface area (Å²) in [5.74, 6) is 0.148. The predicted octanol–water partition coefficient (Wildman–Crippen LogP) is 3.84. The first-order valence-electron chi connectivity index (χ1n) is 10.3. The number of benzene rings is 1. The Morgan fingerprint density at radius 1 is 1.07 bits per heavy atom. The van der Waals surface area contributed by atoms with Crippen LogP contribution in [0, 0.1) is 6.92 Å². The molecule has 2 aromatic heterocycles. The van der Waals surface area contributed by atoms with Crippen LogP contribution in [0.1, 0.15) is 33.2 Å². The van der Waals surface area contributed by atoms with Crippen LogP contribution in [0.2, 0.25) is 0 Å². The molecule has 5 nitrogen and oxygen atoms in total. The molecular weight excluding hydrogens is 380 g/mol. The second kappa shape index (κ2) is 9.37. The normalized spacial score (nSPS) is 15.4. The van der Waals surface area contributed by atoms with Gasteiger partial charge in [-0.1, -0.05) is 30.3 Å². The molecule has 1 aliphatic rings. The summed E-state index contributed by atoms with van der Waals surface area (Å²) in [7, 11) is 0. The maximum Gasteiger partial charge on any atom is 0.270 e. The fourth-order valence-corrected chi connectivity index (χ4v) is 4.51. The predicted molar refractivity (Wildman–Crippen MR) is 117 cm³/mol. The summed E-state index contributed by atoms with van der Waals surface area (Å²) in [6.45, 7) is 7.23. The quantitative estimate of drug-likeness (QED) is 0.622. The Labute approximate surface area is 176 Å². The van der Waals surface area contributed by atoms with E-state index >= 15 is 0 Å². The van der Waals surface area contributed by atoms with Crippen molar-refractivity contribution in [2.75, 3.05) is 26.2 Å². The zero-order chi connectivity index (χ0) is 20.1. The topological polar surface area (TPSA) is 41.4 Å². The lowest BCUT2D eigenvalue weighted by atomic mass is 10.1. The SMILES string of the molecule is Cc1nc(CN2CCCN(C(=O)c3cccn3CCc3ccccc3)CC2)cs1. The molecule has 0 bridgehead atoms. The van der Waals surface area contributed by atoms with E-state index in [2.05, 4.69) is 44.1 Å². The third-order valence-corrected chi connectivity index (χ3v) is 6.28. The van der Waals surface area contributed by atoms with E-state index in [1.165, 1.54) is 5.56 Å². The van der Waals surface area contributed by atoms with E-state index in [1.807, 2.05) is 36.2 Å². The number of hydrogen-bond donors (Lipinski definition) is 0. The van der Waals surface area contributed by atoms with Crippen LogP contribution < -0.4 is 0 Å². The summed E-state index contributed by atoms with van der Waals surface area (Å²) in [5.41, 5.74) is 3.23. The molecule has 152 valence electrons. The molecule has 3 heterocycles. The lowest BCUT2D eigenvalue weighted by Gasteiger charge is -2.22. The summed E-state index contributed by atoms with van der Waals surface area (Å²) in [4.78, 5) is 22.2. The first-order chi connectivity index (χ1) is 14.2. The Hall–Kier alpha value is -2.44. The molecule has 29 heavy (non-hydrogen) atoms. The highest BCUT2D eigenvalue weighted by Gasteiger charge is 2.22. The smallest absolute Gasteiger partial charge is 0.270 e. The minimum atomic E-state index is 0.148. The van der Waals surface area contributed by atoms with E-state index in [1.54, 1.807) is 11.3 Å². The summed E-state index contributed by atoms with van der Waals surface area (Å²) >= 11 is 1.70. The molecule has 3 aromatic rings. The van der Waals surface area contributed by atoms with Gasteiger partial charge in [0.2, 0.25) is 0 Å². The number of nitrogens with zero attached hydrogens (tertiary/aromatic N) is 4. The van der Waals surface area contributed by atoms with Crippen LogP contribution in [0.5, 0.6) is 0 Å². The van der Waals surface area contributed by atoms with Gasteiger partial charge in [-0.2, -0.15) is 0 Å².